The molecule has 0 aromatic carbocycles. The van der Waals surface area contributed by atoms with Crippen LogP contribution in [0.4, 0.5) is 0 Å². The predicted molar refractivity (Wildman–Crippen MR) is 69.6 cm³/mol. The second-order valence-corrected chi connectivity index (χ2v) is 6.11. The molecule has 1 aromatic rings. The Morgan fingerprint density at radius 1 is 1.17 bits per heavy atom. The van der Waals surface area contributed by atoms with Gasteiger partial charge in [-0.1, -0.05) is 33.1 Å². The van der Waals surface area contributed by atoms with Crippen molar-refractivity contribution in [3.05, 3.63) is 6.33 Å². The van der Waals surface area contributed by atoms with E-state index in [9.17, 15) is 8.42 Å². The van der Waals surface area contributed by atoms with Crippen LogP contribution in [0.3, 0.4) is 0 Å². The van der Waals surface area contributed by atoms with Gasteiger partial charge in [0.25, 0.3) is 15.2 Å². The molecule has 0 saturated heterocycles. The lowest BCUT2D eigenvalue weighted by molar-refractivity contribution is 0.393. The molecule has 0 atom stereocenters. The van der Waals surface area contributed by atoms with Gasteiger partial charge in [0, 0.05) is 13.1 Å². The van der Waals surface area contributed by atoms with Crippen LogP contribution in [0.1, 0.15) is 46.0 Å². The number of hydrogen-bond acceptors (Lipinski definition) is 4. The van der Waals surface area contributed by atoms with Crippen molar-refractivity contribution in [2.45, 2.75) is 51.1 Å². The average molecular weight is 274 g/mol. The number of rotatable bonds is 9. The van der Waals surface area contributed by atoms with E-state index in [1.54, 1.807) is 0 Å². The molecule has 1 rings (SSSR count). The molecular formula is C11H22N4O2S. The number of nitrogens with zero attached hydrogens (tertiary/aromatic N) is 3. The third kappa shape index (κ3) is 4.06. The lowest BCUT2D eigenvalue weighted by Gasteiger charge is -2.19. The van der Waals surface area contributed by atoms with Gasteiger partial charge in [-0.2, -0.15) is 9.40 Å². The zero-order valence-electron chi connectivity index (χ0n) is 11.1. The molecule has 104 valence electrons. The van der Waals surface area contributed by atoms with Crippen LogP contribution < -0.4 is 0 Å². The Labute approximate surface area is 109 Å². The number of unbranched alkanes of at least 4 members (excludes halogenated alkanes) is 3. The van der Waals surface area contributed by atoms with Crippen molar-refractivity contribution < 1.29 is 8.42 Å². The van der Waals surface area contributed by atoms with Gasteiger partial charge in [0.1, 0.15) is 6.33 Å². The van der Waals surface area contributed by atoms with Crippen LogP contribution >= 0.6 is 0 Å². The fourth-order valence-electron chi connectivity index (χ4n) is 1.76. The first kappa shape index (κ1) is 15.1. The molecular weight excluding hydrogens is 252 g/mol. The molecule has 0 aliphatic carbocycles. The molecule has 0 bridgehead atoms. The van der Waals surface area contributed by atoms with Crippen LogP contribution in [0.5, 0.6) is 0 Å². The lowest BCUT2D eigenvalue weighted by atomic mass is 10.2. The normalized spacial score (nSPS) is 12.2. The minimum Gasteiger partial charge on any atom is -0.249 e. The SMILES string of the molecule is CCCCCCN(CCC)S(=O)(=O)c1ncn[nH]1. The van der Waals surface area contributed by atoms with Gasteiger partial charge >= 0.3 is 0 Å². The van der Waals surface area contributed by atoms with Crippen LogP contribution in [0, 0.1) is 0 Å². The van der Waals surface area contributed by atoms with Crippen molar-refractivity contribution in [1.29, 1.82) is 0 Å². The van der Waals surface area contributed by atoms with Crippen molar-refractivity contribution in [2.24, 2.45) is 0 Å². The summed E-state index contributed by atoms with van der Waals surface area (Å²) in [5.74, 6) is 0. The summed E-state index contributed by atoms with van der Waals surface area (Å²) in [5.41, 5.74) is 0. The highest BCUT2D eigenvalue weighted by Gasteiger charge is 2.25. The molecule has 0 radical (unpaired) electrons. The summed E-state index contributed by atoms with van der Waals surface area (Å²) in [4.78, 5) is 3.74. The van der Waals surface area contributed by atoms with E-state index in [1.165, 1.54) is 10.6 Å². The first-order valence-electron chi connectivity index (χ1n) is 6.48. The second kappa shape index (κ2) is 7.48. The molecule has 1 aromatic heterocycles. The topological polar surface area (TPSA) is 79.0 Å². The van der Waals surface area contributed by atoms with Crippen molar-refractivity contribution >= 4 is 10.0 Å². The summed E-state index contributed by atoms with van der Waals surface area (Å²) in [5, 5.41) is 5.96. The molecule has 0 aliphatic heterocycles. The quantitative estimate of drug-likeness (QED) is 0.696. The molecule has 0 saturated carbocycles. The molecule has 7 heteroatoms. The Morgan fingerprint density at radius 2 is 1.94 bits per heavy atom. The van der Waals surface area contributed by atoms with E-state index in [4.69, 9.17) is 0 Å². The molecule has 18 heavy (non-hydrogen) atoms. The van der Waals surface area contributed by atoms with Gasteiger partial charge in [0.2, 0.25) is 0 Å². The summed E-state index contributed by atoms with van der Waals surface area (Å²) in [6.45, 7) is 5.18. The Kier molecular flexibility index (Phi) is 6.28. The largest absolute Gasteiger partial charge is 0.278 e. The maximum Gasteiger partial charge on any atom is 0.278 e. The molecule has 0 aliphatic rings. The Balaban J connectivity index is 2.66. The third-order valence-corrected chi connectivity index (χ3v) is 4.44. The smallest absolute Gasteiger partial charge is 0.249 e. The third-order valence-electron chi connectivity index (χ3n) is 2.71. The average Bonchev–Trinajstić information content (AvgIpc) is 2.87. The van der Waals surface area contributed by atoms with Crippen LogP contribution in [0.25, 0.3) is 0 Å². The van der Waals surface area contributed by atoms with Gasteiger partial charge in [-0.25, -0.2) is 18.5 Å². The van der Waals surface area contributed by atoms with E-state index in [0.717, 1.165) is 32.1 Å². The fraction of sp³-hybridized carbons (Fsp3) is 0.818. The van der Waals surface area contributed by atoms with E-state index in [0.29, 0.717) is 13.1 Å². The molecule has 0 unspecified atom stereocenters. The Morgan fingerprint density at radius 3 is 2.50 bits per heavy atom. The number of sulfonamides is 1. The maximum absolute atomic E-state index is 12.2. The predicted octanol–water partition coefficient (Wildman–Crippen LogP) is 1.79. The van der Waals surface area contributed by atoms with Gasteiger partial charge in [-0.05, 0) is 12.8 Å². The Bertz CT molecular complexity index is 416. The van der Waals surface area contributed by atoms with Gasteiger partial charge in [-0.15, -0.1) is 0 Å². The van der Waals surface area contributed by atoms with Crippen molar-refractivity contribution in [3.8, 4) is 0 Å². The summed E-state index contributed by atoms with van der Waals surface area (Å²) in [6, 6.07) is 0. The van der Waals surface area contributed by atoms with Gasteiger partial charge < -0.3 is 0 Å². The molecule has 0 fully saturated rings. The van der Waals surface area contributed by atoms with E-state index in [-0.39, 0.29) is 5.16 Å². The number of hydrogen-bond donors (Lipinski definition) is 1. The maximum atomic E-state index is 12.2. The van der Waals surface area contributed by atoms with Crippen LogP contribution in [-0.2, 0) is 10.0 Å². The van der Waals surface area contributed by atoms with E-state index >= 15 is 0 Å². The van der Waals surface area contributed by atoms with Gasteiger partial charge in [-0.3, -0.25) is 0 Å². The second-order valence-electron chi connectivity index (χ2n) is 4.26. The molecule has 6 nitrogen and oxygen atoms in total. The van der Waals surface area contributed by atoms with Gasteiger partial charge in [0.15, 0.2) is 0 Å². The highest BCUT2D eigenvalue weighted by atomic mass is 32.2. The first-order chi connectivity index (χ1) is 8.62. The van der Waals surface area contributed by atoms with E-state index in [1.807, 2.05) is 6.92 Å². The number of aromatic nitrogens is 3. The molecule has 1 heterocycles. The summed E-state index contributed by atoms with van der Waals surface area (Å²) in [7, 11) is -3.50. The monoisotopic (exact) mass is 274 g/mol. The molecule has 1 N–H and O–H groups in total. The fourth-order valence-corrected chi connectivity index (χ4v) is 3.14. The number of nitrogens with one attached hydrogen (secondary N) is 1. The highest BCUT2D eigenvalue weighted by molar-refractivity contribution is 7.88. The van der Waals surface area contributed by atoms with Crippen LogP contribution in [0.15, 0.2) is 11.5 Å². The highest BCUT2D eigenvalue weighted by Crippen LogP contribution is 2.12. The first-order valence-corrected chi connectivity index (χ1v) is 7.92. The van der Waals surface area contributed by atoms with Crippen molar-refractivity contribution in [1.82, 2.24) is 19.5 Å². The lowest BCUT2D eigenvalue weighted by Crippen LogP contribution is -2.33. The van der Waals surface area contributed by atoms with Crippen molar-refractivity contribution in [2.75, 3.05) is 13.1 Å². The van der Waals surface area contributed by atoms with E-state index < -0.39 is 10.0 Å². The Hall–Kier alpha value is -0.950. The molecule has 0 amide bonds. The summed E-state index contributed by atoms with van der Waals surface area (Å²) >= 11 is 0. The van der Waals surface area contributed by atoms with Crippen LogP contribution in [-0.4, -0.2) is 41.0 Å². The number of aromatic amines is 1. The summed E-state index contributed by atoms with van der Waals surface area (Å²) < 4.78 is 26.0. The number of H-pyrrole nitrogens is 1. The molecule has 0 spiro atoms. The zero-order chi connectivity index (χ0) is 13.4. The summed E-state index contributed by atoms with van der Waals surface area (Å²) in [6.07, 6.45) is 6.24. The minimum atomic E-state index is -3.50. The van der Waals surface area contributed by atoms with Crippen LogP contribution in [0.2, 0.25) is 0 Å². The van der Waals surface area contributed by atoms with E-state index in [2.05, 4.69) is 22.1 Å². The van der Waals surface area contributed by atoms with Crippen molar-refractivity contribution in [3.63, 3.8) is 0 Å². The minimum absolute atomic E-state index is 0.0635. The zero-order valence-corrected chi connectivity index (χ0v) is 11.9. The standard InChI is InChI=1S/C11H22N4O2S/c1-3-5-6-7-9-15(8-4-2)18(16,17)11-12-10-13-14-11/h10H,3-9H2,1-2H3,(H,12,13,14). The van der Waals surface area contributed by atoms with Gasteiger partial charge in [0.05, 0.1) is 0 Å².